The molecule has 1 saturated carbocycles. The minimum Gasteiger partial charge on any atom is -0.459 e. The van der Waals surface area contributed by atoms with Crippen LogP contribution < -0.4 is 5.56 Å². The first-order valence-corrected chi connectivity index (χ1v) is 10.8. The highest BCUT2D eigenvalue weighted by atomic mass is 16.5. The van der Waals surface area contributed by atoms with E-state index in [2.05, 4.69) is 18.8 Å². The van der Waals surface area contributed by atoms with E-state index in [1.807, 2.05) is 17.9 Å². The standard InChI is InChI=1S/C23H29N3O4/c1-14-6-4-8-19(16(14)3)26-12-17(10-20(26)27)23(29)30-13-18-11-21(28)25-9-5-7-15(2)22(25)24-18/h5,7,9,11,14,16-17,19H,4,6,8,10,12-13H2,1-3H3/t14-,16-,17-,19-/m0/s1. The maximum absolute atomic E-state index is 12.6. The van der Waals surface area contributed by atoms with Gasteiger partial charge in [-0.15, -0.1) is 0 Å². The summed E-state index contributed by atoms with van der Waals surface area (Å²) in [6.45, 7) is 6.68. The van der Waals surface area contributed by atoms with Gasteiger partial charge >= 0.3 is 5.97 Å². The van der Waals surface area contributed by atoms with E-state index in [4.69, 9.17) is 4.74 Å². The predicted molar refractivity (Wildman–Crippen MR) is 112 cm³/mol. The van der Waals surface area contributed by atoms with E-state index in [1.54, 1.807) is 12.3 Å². The van der Waals surface area contributed by atoms with Crippen molar-refractivity contribution in [3.05, 3.63) is 46.0 Å². The van der Waals surface area contributed by atoms with Crippen LogP contribution in [0.2, 0.25) is 0 Å². The molecule has 7 heteroatoms. The average molecular weight is 412 g/mol. The molecule has 1 amide bonds. The highest BCUT2D eigenvalue weighted by molar-refractivity contribution is 5.87. The first-order chi connectivity index (χ1) is 14.3. The third-order valence-electron chi connectivity index (χ3n) is 6.86. The topological polar surface area (TPSA) is 81.0 Å². The number of pyridine rings is 1. The number of likely N-dealkylation sites (tertiary alicyclic amines) is 1. The number of amides is 1. The van der Waals surface area contributed by atoms with Gasteiger partial charge in [0.15, 0.2) is 0 Å². The molecule has 0 spiro atoms. The van der Waals surface area contributed by atoms with Crippen LogP contribution in [0.4, 0.5) is 0 Å². The molecule has 30 heavy (non-hydrogen) atoms. The van der Waals surface area contributed by atoms with Crippen LogP contribution in [-0.2, 0) is 20.9 Å². The van der Waals surface area contributed by atoms with Gasteiger partial charge in [0, 0.05) is 31.3 Å². The van der Waals surface area contributed by atoms with Crippen LogP contribution >= 0.6 is 0 Å². The van der Waals surface area contributed by atoms with Crippen LogP contribution in [-0.4, -0.2) is 38.7 Å². The van der Waals surface area contributed by atoms with Gasteiger partial charge < -0.3 is 9.64 Å². The fourth-order valence-electron chi connectivity index (χ4n) is 4.85. The van der Waals surface area contributed by atoms with Gasteiger partial charge in [0.1, 0.15) is 12.3 Å². The molecule has 160 valence electrons. The van der Waals surface area contributed by atoms with Crippen molar-refractivity contribution in [1.82, 2.24) is 14.3 Å². The normalized spacial score (nSPS) is 26.9. The minimum absolute atomic E-state index is 0.0422. The molecule has 2 aromatic rings. The highest BCUT2D eigenvalue weighted by Crippen LogP contribution is 2.36. The van der Waals surface area contributed by atoms with Crippen molar-refractivity contribution < 1.29 is 14.3 Å². The molecule has 1 aliphatic carbocycles. The number of hydrogen-bond acceptors (Lipinski definition) is 5. The lowest BCUT2D eigenvalue weighted by atomic mass is 9.77. The first kappa shape index (κ1) is 20.6. The van der Waals surface area contributed by atoms with Crippen LogP contribution in [0.5, 0.6) is 0 Å². The summed E-state index contributed by atoms with van der Waals surface area (Å²) in [5.41, 5.74) is 1.63. The van der Waals surface area contributed by atoms with Gasteiger partial charge in [-0.05, 0) is 36.8 Å². The Kier molecular flexibility index (Phi) is 5.62. The van der Waals surface area contributed by atoms with Gasteiger partial charge in [-0.3, -0.25) is 18.8 Å². The Balaban J connectivity index is 1.41. The Bertz CT molecular complexity index is 1030. The number of ether oxygens (including phenoxy) is 1. The maximum atomic E-state index is 12.6. The van der Waals surface area contributed by atoms with E-state index in [-0.39, 0.29) is 30.5 Å². The molecule has 1 aliphatic heterocycles. The molecular formula is C23H29N3O4. The van der Waals surface area contributed by atoms with E-state index in [0.717, 1.165) is 18.4 Å². The third-order valence-corrected chi connectivity index (χ3v) is 6.86. The smallest absolute Gasteiger partial charge is 0.311 e. The first-order valence-electron chi connectivity index (χ1n) is 10.8. The summed E-state index contributed by atoms with van der Waals surface area (Å²) < 4.78 is 6.93. The summed E-state index contributed by atoms with van der Waals surface area (Å²) in [4.78, 5) is 43.9. The number of fused-ring (bicyclic) bond motifs is 1. The van der Waals surface area contributed by atoms with Gasteiger partial charge in [0.05, 0.1) is 11.6 Å². The van der Waals surface area contributed by atoms with E-state index < -0.39 is 11.9 Å². The lowest BCUT2D eigenvalue weighted by molar-refractivity contribution is -0.149. The monoisotopic (exact) mass is 411 g/mol. The van der Waals surface area contributed by atoms with Crippen molar-refractivity contribution in [1.29, 1.82) is 0 Å². The molecule has 1 saturated heterocycles. The fraction of sp³-hybridized carbons (Fsp3) is 0.565. The lowest BCUT2D eigenvalue weighted by Crippen LogP contribution is -2.45. The van der Waals surface area contributed by atoms with E-state index in [9.17, 15) is 14.4 Å². The molecule has 0 unspecified atom stereocenters. The lowest BCUT2D eigenvalue weighted by Gasteiger charge is -2.39. The molecule has 4 rings (SSSR count). The number of hydrogen-bond donors (Lipinski definition) is 0. The predicted octanol–water partition coefficient (Wildman–Crippen LogP) is 2.72. The Hall–Kier alpha value is -2.70. The van der Waals surface area contributed by atoms with Crippen molar-refractivity contribution in [2.75, 3.05) is 6.54 Å². The molecule has 0 radical (unpaired) electrons. The van der Waals surface area contributed by atoms with Gasteiger partial charge in [-0.1, -0.05) is 32.8 Å². The Morgan fingerprint density at radius 2 is 2.07 bits per heavy atom. The number of aromatic nitrogens is 2. The quantitative estimate of drug-likeness (QED) is 0.723. The summed E-state index contributed by atoms with van der Waals surface area (Å²) >= 11 is 0. The summed E-state index contributed by atoms with van der Waals surface area (Å²) in [6, 6.07) is 5.27. The van der Waals surface area contributed by atoms with Crippen molar-refractivity contribution in [2.24, 2.45) is 17.8 Å². The Morgan fingerprint density at radius 1 is 1.27 bits per heavy atom. The fourth-order valence-corrected chi connectivity index (χ4v) is 4.85. The zero-order valence-corrected chi connectivity index (χ0v) is 17.8. The summed E-state index contributed by atoms with van der Waals surface area (Å²) in [7, 11) is 0. The van der Waals surface area contributed by atoms with Crippen LogP contribution in [0.15, 0.2) is 29.2 Å². The SMILES string of the molecule is Cc1cccn2c(=O)cc(COC(=O)[C@H]3CC(=O)N([C@H]4CCC[C@H](C)[C@@H]4C)C3)nc12. The zero-order valence-electron chi connectivity index (χ0n) is 17.8. The van der Waals surface area contributed by atoms with Crippen LogP contribution in [0, 0.1) is 24.7 Å². The average Bonchev–Trinajstić information content (AvgIpc) is 3.10. The van der Waals surface area contributed by atoms with Crippen molar-refractivity contribution in [3.63, 3.8) is 0 Å². The van der Waals surface area contributed by atoms with Crippen LogP contribution in [0.3, 0.4) is 0 Å². The van der Waals surface area contributed by atoms with E-state index >= 15 is 0 Å². The van der Waals surface area contributed by atoms with E-state index in [1.165, 1.54) is 16.9 Å². The van der Waals surface area contributed by atoms with Gasteiger partial charge in [-0.2, -0.15) is 0 Å². The Labute approximate surface area is 176 Å². The molecule has 0 bridgehead atoms. The van der Waals surface area contributed by atoms with E-state index in [0.29, 0.717) is 29.7 Å². The second-order valence-electron chi connectivity index (χ2n) is 8.86. The number of esters is 1. The molecule has 0 aromatic carbocycles. The minimum atomic E-state index is -0.453. The molecule has 2 fully saturated rings. The second-order valence-corrected chi connectivity index (χ2v) is 8.86. The number of rotatable bonds is 4. The molecular weight excluding hydrogens is 382 g/mol. The van der Waals surface area contributed by atoms with Crippen molar-refractivity contribution in [3.8, 4) is 0 Å². The summed E-state index contributed by atoms with van der Waals surface area (Å²) in [5, 5.41) is 0. The number of aryl methyl sites for hydroxylation is 1. The van der Waals surface area contributed by atoms with Crippen LogP contribution in [0.1, 0.15) is 50.8 Å². The number of nitrogens with zero attached hydrogens (tertiary/aromatic N) is 3. The van der Waals surface area contributed by atoms with Gasteiger partial charge in [0.2, 0.25) is 5.91 Å². The second kappa shape index (κ2) is 8.20. The largest absolute Gasteiger partial charge is 0.459 e. The van der Waals surface area contributed by atoms with Crippen molar-refractivity contribution >= 4 is 17.5 Å². The summed E-state index contributed by atoms with van der Waals surface area (Å²) in [6.07, 6.45) is 5.19. The molecule has 3 heterocycles. The number of carbonyl (C=O) groups excluding carboxylic acids is 2. The maximum Gasteiger partial charge on any atom is 0.311 e. The zero-order chi connectivity index (χ0) is 21.4. The van der Waals surface area contributed by atoms with Gasteiger partial charge in [0.25, 0.3) is 5.56 Å². The Morgan fingerprint density at radius 3 is 2.87 bits per heavy atom. The molecule has 7 nitrogen and oxygen atoms in total. The molecule has 2 aliphatic rings. The summed E-state index contributed by atoms with van der Waals surface area (Å²) in [5.74, 6) is 0.222. The molecule has 0 N–H and O–H groups in total. The van der Waals surface area contributed by atoms with Gasteiger partial charge in [-0.25, -0.2) is 4.98 Å². The van der Waals surface area contributed by atoms with Crippen molar-refractivity contribution in [2.45, 2.75) is 59.1 Å². The number of carbonyl (C=O) groups is 2. The highest BCUT2D eigenvalue weighted by Gasteiger charge is 2.42. The molecule has 2 aromatic heterocycles. The molecule has 4 atom stereocenters. The third kappa shape index (κ3) is 3.85. The van der Waals surface area contributed by atoms with Crippen LogP contribution in [0.25, 0.3) is 5.65 Å².